The molecule has 7 heteroatoms. The molecule has 1 amide bonds. The fraction of sp³-hybridized carbons (Fsp3) is 0.250. The second-order valence-electron chi connectivity index (χ2n) is 6.22. The van der Waals surface area contributed by atoms with Crippen LogP contribution in [0.25, 0.3) is 15.7 Å². The van der Waals surface area contributed by atoms with Gasteiger partial charge in [-0.1, -0.05) is 43.8 Å². The van der Waals surface area contributed by atoms with E-state index in [9.17, 15) is 4.79 Å². The molecule has 1 aromatic carbocycles. The number of hydrogen-bond donors (Lipinski definition) is 1. The number of fused-ring (bicyclic) bond motifs is 3. The summed E-state index contributed by atoms with van der Waals surface area (Å²) < 4.78 is 3.24. The van der Waals surface area contributed by atoms with Crippen molar-refractivity contribution >= 4 is 50.4 Å². The number of carbonyl (C=O) groups is 1. The first-order chi connectivity index (χ1) is 13.2. The van der Waals surface area contributed by atoms with Crippen molar-refractivity contribution in [3.05, 3.63) is 53.7 Å². The predicted octanol–water partition coefficient (Wildman–Crippen LogP) is 5.02. The molecule has 0 radical (unpaired) electrons. The van der Waals surface area contributed by atoms with Gasteiger partial charge >= 0.3 is 0 Å². The number of hydrogen-bond acceptors (Lipinski definition) is 5. The summed E-state index contributed by atoms with van der Waals surface area (Å²) in [5.41, 5.74) is 4.15. The minimum Gasteiger partial charge on any atom is -0.325 e. The van der Waals surface area contributed by atoms with Crippen LogP contribution < -0.4 is 5.32 Å². The van der Waals surface area contributed by atoms with Crippen molar-refractivity contribution in [3.63, 3.8) is 0 Å². The van der Waals surface area contributed by atoms with E-state index < -0.39 is 0 Å². The van der Waals surface area contributed by atoms with E-state index in [1.807, 2.05) is 35.6 Å². The monoisotopic (exact) mass is 396 g/mol. The van der Waals surface area contributed by atoms with Crippen LogP contribution in [0.1, 0.15) is 25.8 Å². The summed E-state index contributed by atoms with van der Waals surface area (Å²) in [6.45, 7) is 4.11. The lowest BCUT2D eigenvalue weighted by Crippen LogP contribution is -2.25. The zero-order chi connectivity index (χ0) is 18.8. The number of benzene rings is 1. The molecule has 5 nitrogen and oxygen atoms in total. The summed E-state index contributed by atoms with van der Waals surface area (Å²) in [4.78, 5) is 12.9. The lowest BCUT2D eigenvalue weighted by Gasteiger charge is -2.16. The molecule has 27 heavy (non-hydrogen) atoms. The number of aryl methyl sites for hydroxylation is 1. The zero-order valence-electron chi connectivity index (χ0n) is 15.2. The molecule has 0 aliphatic rings. The molecule has 1 N–H and O–H groups in total. The number of anilines is 1. The number of nitrogens with one attached hydrogen (secondary N) is 1. The first kappa shape index (κ1) is 18.0. The molecule has 0 aliphatic heterocycles. The molecular weight excluding hydrogens is 376 g/mol. The summed E-state index contributed by atoms with van der Waals surface area (Å²) in [5, 5.41) is 14.2. The molecule has 3 heterocycles. The highest BCUT2D eigenvalue weighted by Gasteiger charge is 2.22. The molecular formula is C20H20N4OS2. The minimum atomic E-state index is -0.233. The Bertz CT molecular complexity index is 1100. The van der Waals surface area contributed by atoms with Crippen molar-refractivity contribution in [2.75, 3.05) is 5.32 Å². The van der Waals surface area contributed by atoms with E-state index in [4.69, 9.17) is 0 Å². The highest BCUT2D eigenvalue weighted by atomic mass is 32.2. The Morgan fingerprint density at radius 2 is 2.11 bits per heavy atom. The third-order valence-electron chi connectivity index (χ3n) is 4.57. The van der Waals surface area contributed by atoms with Gasteiger partial charge in [0.1, 0.15) is 11.4 Å². The molecule has 0 bridgehead atoms. The van der Waals surface area contributed by atoms with Crippen LogP contribution in [0.2, 0.25) is 0 Å². The second-order valence-corrected chi connectivity index (χ2v) is 8.36. The topological polar surface area (TPSA) is 59.3 Å². The predicted molar refractivity (Wildman–Crippen MR) is 113 cm³/mol. The van der Waals surface area contributed by atoms with Gasteiger partial charge in [0, 0.05) is 5.69 Å². The summed E-state index contributed by atoms with van der Waals surface area (Å²) in [7, 11) is 0. The number of amides is 1. The van der Waals surface area contributed by atoms with Crippen LogP contribution in [0.15, 0.2) is 53.1 Å². The van der Waals surface area contributed by atoms with Crippen LogP contribution in [0, 0.1) is 0 Å². The van der Waals surface area contributed by atoms with Crippen LogP contribution in [-0.4, -0.2) is 25.8 Å². The SMILES string of the molecule is CCc1ccccc1NC(=O)C(CC)Sc1nncn2c1cc1sccc12. The summed E-state index contributed by atoms with van der Waals surface area (Å²) in [6.07, 6.45) is 3.32. The van der Waals surface area contributed by atoms with E-state index in [0.717, 1.165) is 33.7 Å². The lowest BCUT2D eigenvalue weighted by atomic mass is 10.1. The van der Waals surface area contributed by atoms with Gasteiger partial charge in [-0.25, -0.2) is 0 Å². The average molecular weight is 397 g/mol. The lowest BCUT2D eigenvalue weighted by molar-refractivity contribution is -0.115. The van der Waals surface area contributed by atoms with Gasteiger partial charge in [-0.05, 0) is 42.0 Å². The van der Waals surface area contributed by atoms with E-state index >= 15 is 0 Å². The van der Waals surface area contributed by atoms with E-state index in [1.165, 1.54) is 16.5 Å². The Balaban J connectivity index is 1.60. The van der Waals surface area contributed by atoms with Crippen LogP contribution in [0.3, 0.4) is 0 Å². The molecule has 0 spiro atoms. The third-order valence-corrected chi connectivity index (χ3v) is 6.77. The Morgan fingerprint density at radius 3 is 2.93 bits per heavy atom. The van der Waals surface area contributed by atoms with Gasteiger partial charge in [0.25, 0.3) is 0 Å². The maximum absolute atomic E-state index is 12.9. The molecule has 0 fully saturated rings. The van der Waals surface area contributed by atoms with Crippen molar-refractivity contribution in [2.45, 2.75) is 37.0 Å². The van der Waals surface area contributed by atoms with Gasteiger partial charge in [0.05, 0.1) is 21.0 Å². The third kappa shape index (κ3) is 3.44. The number of aromatic nitrogens is 3. The van der Waals surface area contributed by atoms with E-state index in [0.29, 0.717) is 6.42 Å². The van der Waals surface area contributed by atoms with Crippen molar-refractivity contribution in [3.8, 4) is 0 Å². The first-order valence-electron chi connectivity index (χ1n) is 8.96. The highest BCUT2D eigenvalue weighted by molar-refractivity contribution is 8.00. The van der Waals surface area contributed by atoms with Crippen LogP contribution >= 0.6 is 23.1 Å². The van der Waals surface area contributed by atoms with Gasteiger partial charge in [0.2, 0.25) is 5.91 Å². The molecule has 4 rings (SSSR count). The zero-order valence-corrected chi connectivity index (χ0v) is 16.8. The van der Waals surface area contributed by atoms with Crippen LogP contribution in [0.4, 0.5) is 5.69 Å². The fourth-order valence-corrected chi connectivity index (χ4v) is 4.90. The van der Waals surface area contributed by atoms with Crippen LogP contribution in [0.5, 0.6) is 0 Å². The Labute approximate surface area is 165 Å². The maximum Gasteiger partial charge on any atom is 0.237 e. The van der Waals surface area contributed by atoms with Crippen molar-refractivity contribution in [2.24, 2.45) is 0 Å². The van der Waals surface area contributed by atoms with Gasteiger partial charge in [-0.2, -0.15) is 0 Å². The largest absolute Gasteiger partial charge is 0.325 e. The quantitative estimate of drug-likeness (QED) is 0.465. The first-order valence-corrected chi connectivity index (χ1v) is 10.7. The number of nitrogens with zero attached hydrogens (tertiary/aromatic N) is 3. The van der Waals surface area contributed by atoms with E-state index in [1.54, 1.807) is 17.7 Å². The number of thiophene rings is 1. The molecule has 1 unspecified atom stereocenters. The molecule has 0 saturated heterocycles. The van der Waals surface area contributed by atoms with Crippen molar-refractivity contribution in [1.29, 1.82) is 0 Å². The second kappa shape index (κ2) is 7.70. The highest BCUT2D eigenvalue weighted by Crippen LogP contribution is 2.33. The van der Waals surface area contributed by atoms with E-state index in [-0.39, 0.29) is 11.2 Å². The van der Waals surface area contributed by atoms with Gasteiger partial charge in [0.15, 0.2) is 0 Å². The van der Waals surface area contributed by atoms with Crippen molar-refractivity contribution in [1.82, 2.24) is 14.6 Å². The standard InChI is InChI=1S/C20H20N4OS2/c1-3-13-7-5-6-8-14(13)22-19(25)17(4-2)27-20-16-11-18-15(9-10-26-18)24(16)12-21-23-20/h5-12,17H,3-4H2,1-2H3,(H,22,25). The molecule has 138 valence electrons. The normalized spacial score (nSPS) is 12.5. The Hall–Kier alpha value is -2.38. The maximum atomic E-state index is 12.9. The average Bonchev–Trinajstić information content (AvgIpc) is 3.28. The number of thioether (sulfide) groups is 1. The molecule has 1 atom stereocenters. The summed E-state index contributed by atoms with van der Waals surface area (Å²) in [5.74, 6) is 0.000529. The molecule has 4 aromatic rings. The van der Waals surface area contributed by atoms with Gasteiger partial charge < -0.3 is 5.32 Å². The molecule has 3 aromatic heterocycles. The number of para-hydroxylation sites is 1. The van der Waals surface area contributed by atoms with Crippen LogP contribution in [-0.2, 0) is 11.2 Å². The number of carbonyl (C=O) groups excluding carboxylic acids is 1. The fourth-order valence-electron chi connectivity index (χ4n) is 3.12. The molecule has 0 saturated carbocycles. The van der Waals surface area contributed by atoms with Gasteiger partial charge in [-0.15, -0.1) is 21.5 Å². The van der Waals surface area contributed by atoms with E-state index in [2.05, 4.69) is 40.0 Å². The summed E-state index contributed by atoms with van der Waals surface area (Å²) in [6, 6.07) is 12.1. The Morgan fingerprint density at radius 1 is 1.26 bits per heavy atom. The number of rotatable bonds is 6. The Kier molecular flexibility index (Phi) is 5.13. The smallest absolute Gasteiger partial charge is 0.237 e. The summed E-state index contributed by atoms with van der Waals surface area (Å²) >= 11 is 3.17. The molecule has 0 aliphatic carbocycles. The van der Waals surface area contributed by atoms with Crippen molar-refractivity contribution < 1.29 is 4.79 Å². The van der Waals surface area contributed by atoms with Gasteiger partial charge in [-0.3, -0.25) is 9.20 Å². The minimum absolute atomic E-state index is 0.000529.